The van der Waals surface area contributed by atoms with Gasteiger partial charge in [0, 0.05) is 33.4 Å². The van der Waals surface area contributed by atoms with Crippen LogP contribution >= 0.6 is 0 Å². The van der Waals surface area contributed by atoms with Crippen LogP contribution in [-0.2, 0) is 16.0 Å². The highest BCUT2D eigenvalue weighted by molar-refractivity contribution is 5.22. The molecular weight excluding hydrogens is 278 g/mol. The molecule has 0 saturated heterocycles. The zero-order chi connectivity index (χ0) is 16.4. The Labute approximate surface area is 135 Å². The summed E-state index contributed by atoms with van der Waals surface area (Å²) in [5, 5.41) is 10.2. The summed E-state index contributed by atoms with van der Waals surface area (Å²) < 4.78 is 10.6. The Bertz CT molecular complexity index is 409. The molecule has 1 atom stereocenters. The van der Waals surface area contributed by atoms with E-state index in [0.717, 1.165) is 26.1 Å². The number of nitrogens with zero attached hydrogens (tertiary/aromatic N) is 1. The number of rotatable bonds is 11. The minimum absolute atomic E-state index is 0.147. The van der Waals surface area contributed by atoms with Gasteiger partial charge in [-0.25, -0.2) is 0 Å². The molecule has 0 heterocycles. The van der Waals surface area contributed by atoms with E-state index in [2.05, 4.69) is 36.1 Å². The lowest BCUT2D eigenvalue weighted by Gasteiger charge is -2.25. The molecule has 1 N–H and O–H groups in total. The Morgan fingerprint density at radius 1 is 1.27 bits per heavy atom. The first kappa shape index (κ1) is 19.1. The smallest absolute Gasteiger partial charge is 0.0900 e. The third-order valence-electron chi connectivity index (χ3n) is 3.40. The van der Waals surface area contributed by atoms with E-state index in [1.807, 2.05) is 13.8 Å². The normalized spacial score (nSPS) is 13.0. The highest BCUT2D eigenvalue weighted by Gasteiger charge is 2.13. The van der Waals surface area contributed by atoms with Crippen molar-refractivity contribution in [2.24, 2.45) is 0 Å². The lowest BCUT2D eigenvalue weighted by Crippen LogP contribution is -2.36. The van der Waals surface area contributed by atoms with Crippen LogP contribution < -0.4 is 0 Å². The molecule has 4 heteroatoms. The third-order valence-corrected chi connectivity index (χ3v) is 3.40. The van der Waals surface area contributed by atoms with E-state index in [1.54, 1.807) is 7.11 Å². The van der Waals surface area contributed by atoms with Gasteiger partial charge in [-0.3, -0.25) is 4.90 Å². The number of aliphatic hydroxyl groups excluding tert-OH is 1. The second-order valence-corrected chi connectivity index (χ2v) is 6.11. The van der Waals surface area contributed by atoms with Crippen molar-refractivity contribution in [1.29, 1.82) is 0 Å². The summed E-state index contributed by atoms with van der Waals surface area (Å²) in [7, 11) is 1.72. The fourth-order valence-corrected chi connectivity index (χ4v) is 2.39. The minimum atomic E-state index is -0.463. The van der Waals surface area contributed by atoms with E-state index in [0.29, 0.717) is 13.2 Å². The number of ether oxygens (including phenoxy) is 2. The number of methoxy groups -OCH3 is 1. The SMILES string of the molecule is COCCCN(Cc1cccc(C)c1)C[C@H](O)COC(C)C. The molecule has 126 valence electrons. The molecule has 0 fully saturated rings. The average Bonchev–Trinajstić information content (AvgIpc) is 2.45. The summed E-state index contributed by atoms with van der Waals surface area (Å²) in [6.07, 6.45) is 0.642. The predicted octanol–water partition coefficient (Wildman–Crippen LogP) is 2.62. The fraction of sp³-hybridized carbons (Fsp3) is 0.667. The van der Waals surface area contributed by atoms with Crippen molar-refractivity contribution in [3.05, 3.63) is 35.4 Å². The van der Waals surface area contributed by atoms with E-state index in [9.17, 15) is 5.11 Å². The monoisotopic (exact) mass is 309 g/mol. The van der Waals surface area contributed by atoms with E-state index in [1.165, 1.54) is 11.1 Å². The van der Waals surface area contributed by atoms with Crippen LogP contribution in [0.5, 0.6) is 0 Å². The quantitative estimate of drug-likeness (QED) is 0.638. The molecule has 1 rings (SSSR count). The Morgan fingerprint density at radius 2 is 2.05 bits per heavy atom. The molecule has 1 aromatic carbocycles. The van der Waals surface area contributed by atoms with E-state index in [4.69, 9.17) is 9.47 Å². The first-order chi connectivity index (χ1) is 10.5. The van der Waals surface area contributed by atoms with Gasteiger partial charge in [-0.15, -0.1) is 0 Å². The number of aryl methyl sites for hydroxylation is 1. The summed E-state index contributed by atoms with van der Waals surface area (Å²) in [4.78, 5) is 2.27. The van der Waals surface area contributed by atoms with Gasteiger partial charge >= 0.3 is 0 Å². The number of benzene rings is 1. The predicted molar refractivity (Wildman–Crippen MR) is 90.0 cm³/mol. The average molecular weight is 309 g/mol. The summed E-state index contributed by atoms with van der Waals surface area (Å²) in [5.41, 5.74) is 2.53. The molecule has 0 aromatic heterocycles. The van der Waals surface area contributed by atoms with Gasteiger partial charge < -0.3 is 14.6 Å². The molecule has 0 aliphatic heterocycles. The lowest BCUT2D eigenvalue weighted by molar-refractivity contribution is -0.0103. The topological polar surface area (TPSA) is 41.9 Å². The Morgan fingerprint density at radius 3 is 2.68 bits per heavy atom. The van der Waals surface area contributed by atoms with Crippen LogP contribution in [0, 0.1) is 6.92 Å². The van der Waals surface area contributed by atoms with Crippen LogP contribution in [0.15, 0.2) is 24.3 Å². The minimum Gasteiger partial charge on any atom is -0.389 e. The van der Waals surface area contributed by atoms with Gasteiger partial charge in [-0.05, 0) is 32.8 Å². The molecule has 0 aliphatic carbocycles. The van der Waals surface area contributed by atoms with E-state index in [-0.39, 0.29) is 6.10 Å². The second-order valence-electron chi connectivity index (χ2n) is 6.11. The maximum Gasteiger partial charge on any atom is 0.0900 e. The van der Waals surface area contributed by atoms with Crippen molar-refractivity contribution in [2.45, 2.75) is 45.9 Å². The van der Waals surface area contributed by atoms with Crippen molar-refractivity contribution in [3.63, 3.8) is 0 Å². The molecule has 0 aliphatic rings. The number of aliphatic hydroxyl groups is 1. The van der Waals surface area contributed by atoms with E-state index < -0.39 is 6.10 Å². The standard InChI is InChI=1S/C18H31NO3/c1-15(2)22-14-18(20)13-19(9-6-10-21-4)12-17-8-5-7-16(3)11-17/h5,7-8,11,15,18,20H,6,9-10,12-14H2,1-4H3/t18-/m0/s1. The first-order valence-corrected chi connectivity index (χ1v) is 8.07. The maximum absolute atomic E-state index is 10.2. The van der Waals surface area contributed by atoms with Crippen molar-refractivity contribution in [2.75, 3.05) is 33.4 Å². The van der Waals surface area contributed by atoms with Crippen LogP contribution in [0.2, 0.25) is 0 Å². The maximum atomic E-state index is 10.2. The zero-order valence-electron chi connectivity index (χ0n) is 14.4. The van der Waals surface area contributed by atoms with Crippen LogP contribution in [0.1, 0.15) is 31.4 Å². The van der Waals surface area contributed by atoms with Gasteiger partial charge in [0.05, 0.1) is 18.8 Å². The molecular formula is C18H31NO3. The van der Waals surface area contributed by atoms with Crippen LogP contribution in [0.25, 0.3) is 0 Å². The number of hydrogen-bond donors (Lipinski definition) is 1. The molecule has 1 aromatic rings. The molecule has 22 heavy (non-hydrogen) atoms. The summed E-state index contributed by atoms with van der Waals surface area (Å²) in [5.74, 6) is 0. The van der Waals surface area contributed by atoms with Gasteiger partial charge in [-0.2, -0.15) is 0 Å². The van der Waals surface area contributed by atoms with Crippen molar-refractivity contribution >= 4 is 0 Å². The van der Waals surface area contributed by atoms with Crippen molar-refractivity contribution in [3.8, 4) is 0 Å². The molecule has 0 radical (unpaired) electrons. The molecule has 0 bridgehead atoms. The third kappa shape index (κ3) is 8.49. The first-order valence-electron chi connectivity index (χ1n) is 8.07. The van der Waals surface area contributed by atoms with Gasteiger partial charge in [0.15, 0.2) is 0 Å². The van der Waals surface area contributed by atoms with Crippen LogP contribution in [-0.4, -0.2) is 55.6 Å². The van der Waals surface area contributed by atoms with Gasteiger partial charge in [0.2, 0.25) is 0 Å². The molecule has 0 spiro atoms. The van der Waals surface area contributed by atoms with Crippen LogP contribution in [0.4, 0.5) is 0 Å². The summed E-state index contributed by atoms with van der Waals surface area (Å²) >= 11 is 0. The molecule has 0 amide bonds. The summed E-state index contributed by atoms with van der Waals surface area (Å²) in [6, 6.07) is 8.51. The largest absolute Gasteiger partial charge is 0.389 e. The molecule has 4 nitrogen and oxygen atoms in total. The zero-order valence-corrected chi connectivity index (χ0v) is 14.4. The number of hydrogen-bond acceptors (Lipinski definition) is 4. The fourth-order valence-electron chi connectivity index (χ4n) is 2.39. The van der Waals surface area contributed by atoms with Crippen molar-refractivity contribution in [1.82, 2.24) is 4.90 Å². The Hall–Kier alpha value is -0.940. The Balaban J connectivity index is 2.54. The Kier molecular flexibility index (Phi) is 9.32. The highest BCUT2D eigenvalue weighted by Crippen LogP contribution is 2.09. The van der Waals surface area contributed by atoms with E-state index >= 15 is 0 Å². The van der Waals surface area contributed by atoms with Crippen molar-refractivity contribution < 1.29 is 14.6 Å². The highest BCUT2D eigenvalue weighted by atomic mass is 16.5. The molecule has 0 unspecified atom stereocenters. The van der Waals surface area contributed by atoms with Gasteiger partial charge in [-0.1, -0.05) is 29.8 Å². The lowest BCUT2D eigenvalue weighted by atomic mass is 10.1. The second kappa shape index (κ2) is 10.7. The van der Waals surface area contributed by atoms with Crippen LogP contribution in [0.3, 0.4) is 0 Å². The molecule has 0 saturated carbocycles. The summed E-state index contributed by atoms with van der Waals surface area (Å²) in [6.45, 7) is 9.54. The van der Waals surface area contributed by atoms with Gasteiger partial charge in [0.25, 0.3) is 0 Å². The van der Waals surface area contributed by atoms with Gasteiger partial charge in [0.1, 0.15) is 0 Å².